The van der Waals surface area contributed by atoms with Gasteiger partial charge in [0.1, 0.15) is 0 Å². The maximum atomic E-state index is 12.3. The first-order chi connectivity index (χ1) is 9.87. The number of carbonyl (C=O) groups excluding carboxylic acids is 1. The minimum Gasteiger partial charge on any atom is -0.376 e. The van der Waals surface area contributed by atoms with Crippen LogP contribution < -0.4 is 0 Å². The van der Waals surface area contributed by atoms with Gasteiger partial charge in [-0.1, -0.05) is 6.07 Å². The van der Waals surface area contributed by atoms with Crippen molar-refractivity contribution in [2.75, 3.05) is 33.1 Å². The molecule has 7 heteroatoms. The number of hydrogen-bond donors (Lipinski definition) is 0. The van der Waals surface area contributed by atoms with E-state index >= 15 is 0 Å². The Morgan fingerprint density at radius 2 is 2.14 bits per heavy atom. The first kappa shape index (κ1) is 15.9. The van der Waals surface area contributed by atoms with E-state index < -0.39 is 10.1 Å². The zero-order valence-electron chi connectivity index (χ0n) is 12.2. The van der Waals surface area contributed by atoms with Gasteiger partial charge in [-0.25, -0.2) is 0 Å². The summed E-state index contributed by atoms with van der Waals surface area (Å²) in [6.45, 7) is 1.43. The average molecular weight is 313 g/mol. The van der Waals surface area contributed by atoms with Crippen molar-refractivity contribution in [3.05, 3.63) is 34.9 Å². The van der Waals surface area contributed by atoms with Crippen LogP contribution in [0.25, 0.3) is 0 Å². The van der Waals surface area contributed by atoms with E-state index in [2.05, 4.69) is 4.18 Å². The summed E-state index contributed by atoms with van der Waals surface area (Å²) in [6, 6.07) is 5.56. The van der Waals surface area contributed by atoms with Crippen LogP contribution in [-0.2, 0) is 32.1 Å². The molecule has 0 aliphatic carbocycles. The highest BCUT2D eigenvalue weighted by Crippen LogP contribution is 2.19. The van der Waals surface area contributed by atoms with Crippen molar-refractivity contribution in [1.29, 1.82) is 0 Å². The maximum Gasteiger partial charge on any atom is 0.264 e. The zero-order valence-corrected chi connectivity index (χ0v) is 13.0. The number of likely N-dealkylation sites (N-methyl/N-ethyl adjacent to an activating group) is 1. The lowest BCUT2D eigenvalue weighted by Crippen LogP contribution is -2.31. The summed E-state index contributed by atoms with van der Waals surface area (Å²) in [5.41, 5.74) is 2.84. The maximum absolute atomic E-state index is 12.3. The number of rotatable bonds is 5. The van der Waals surface area contributed by atoms with Gasteiger partial charge in [0.25, 0.3) is 16.0 Å². The fourth-order valence-corrected chi connectivity index (χ4v) is 2.52. The van der Waals surface area contributed by atoms with E-state index in [-0.39, 0.29) is 19.1 Å². The molecule has 6 nitrogen and oxygen atoms in total. The second kappa shape index (κ2) is 6.55. The van der Waals surface area contributed by atoms with E-state index in [0.29, 0.717) is 18.8 Å². The van der Waals surface area contributed by atoms with Gasteiger partial charge in [-0.15, -0.1) is 0 Å². The van der Waals surface area contributed by atoms with Gasteiger partial charge in [-0.05, 0) is 29.7 Å². The molecule has 0 saturated carbocycles. The Morgan fingerprint density at radius 3 is 2.86 bits per heavy atom. The number of hydrogen-bond acceptors (Lipinski definition) is 5. The summed E-state index contributed by atoms with van der Waals surface area (Å²) in [6.07, 6.45) is 1.79. The van der Waals surface area contributed by atoms with Gasteiger partial charge < -0.3 is 9.64 Å². The molecule has 0 saturated heterocycles. The lowest BCUT2D eigenvalue weighted by atomic mass is 10.00. The summed E-state index contributed by atoms with van der Waals surface area (Å²) >= 11 is 0. The van der Waals surface area contributed by atoms with Crippen LogP contribution in [0.15, 0.2) is 18.2 Å². The van der Waals surface area contributed by atoms with Crippen molar-refractivity contribution in [2.24, 2.45) is 0 Å². The Labute approximate surface area is 124 Å². The van der Waals surface area contributed by atoms with Gasteiger partial charge in [0.2, 0.25) is 0 Å². The third kappa shape index (κ3) is 4.52. The molecule has 1 aromatic carbocycles. The van der Waals surface area contributed by atoms with E-state index in [9.17, 15) is 13.2 Å². The van der Waals surface area contributed by atoms with E-state index in [1.165, 1.54) is 4.90 Å². The molecule has 21 heavy (non-hydrogen) atoms. The van der Waals surface area contributed by atoms with Crippen LogP contribution in [0.1, 0.15) is 21.5 Å². The fraction of sp³-hybridized carbons (Fsp3) is 0.500. The van der Waals surface area contributed by atoms with Gasteiger partial charge >= 0.3 is 0 Å². The molecule has 0 unspecified atom stereocenters. The predicted molar refractivity (Wildman–Crippen MR) is 77.6 cm³/mol. The molecule has 0 N–H and O–H groups in total. The van der Waals surface area contributed by atoms with Crippen molar-refractivity contribution in [3.63, 3.8) is 0 Å². The molecule has 1 aliphatic rings. The zero-order chi connectivity index (χ0) is 15.5. The van der Waals surface area contributed by atoms with Gasteiger partial charge in [-0.2, -0.15) is 8.42 Å². The third-order valence-corrected chi connectivity index (χ3v) is 3.89. The summed E-state index contributed by atoms with van der Waals surface area (Å²) < 4.78 is 31.7. The number of benzene rings is 1. The topological polar surface area (TPSA) is 72.9 Å². The minimum absolute atomic E-state index is 0.0418. The Hall–Kier alpha value is -1.44. The van der Waals surface area contributed by atoms with Gasteiger partial charge in [-0.3, -0.25) is 8.98 Å². The molecule has 0 bridgehead atoms. The molecule has 0 fully saturated rings. The number of amides is 1. The van der Waals surface area contributed by atoms with Crippen LogP contribution in [0.3, 0.4) is 0 Å². The molecular weight excluding hydrogens is 294 g/mol. The van der Waals surface area contributed by atoms with Gasteiger partial charge in [0.15, 0.2) is 0 Å². The predicted octanol–water partition coefficient (Wildman–Crippen LogP) is 0.808. The van der Waals surface area contributed by atoms with Crippen LogP contribution in [0.2, 0.25) is 0 Å². The van der Waals surface area contributed by atoms with Crippen molar-refractivity contribution < 1.29 is 22.1 Å². The van der Waals surface area contributed by atoms with Crippen molar-refractivity contribution >= 4 is 16.0 Å². The molecule has 0 aromatic heterocycles. The van der Waals surface area contributed by atoms with E-state index in [0.717, 1.165) is 23.8 Å². The first-order valence-corrected chi connectivity index (χ1v) is 8.48. The van der Waals surface area contributed by atoms with Crippen molar-refractivity contribution in [1.82, 2.24) is 4.90 Å². The van der Waals surface area contributed by atoms with Crippen LogP contribution in [0, 0.1) is 0 Å². The highest BCUT2D eigenvalue weighted by Gasteiger charge is 2.16. The molecule has 1 aliphatic heterocycles. The fourth-order valence-electron chi connectivity index (χ4n) is 2.14. The molecule has 0 radical (unpaired) electrons. The monoisotopic (exact) mass is 313 g/mol. The molecule has 0 spiro atoms. The number of carbonyl (C=O) groups is 1. The van der Waals surface area contributed by atoms with E-state index in [1.54, 1.807) is 13.1 Å². The molecule has 1 aromatic rings. The van der Waals surface area contributed by atoms with Crippen LogP contribution in [0.5, 0.6) is 0 Å². The average Bonchev–Trinajstić information content (AvgIpc) is 2.44. The number of nitrogens with zero attached hydrogens (tertiary/aromatic N) is 1. The van der Waals surface area contributed by atoms with E-state index in [4.69, 9.17) is 4.74 Å². The number of ether oxygens (including phenoxy) is 1. The largest absolute Gasteiger partial charge is 0.376 e. The third-order valence-electron chi connectivity index (χ3n) is 3.30. The van der Waals surface area contributed by atoms with Crippen LogP contribution in [-0.4, -0.2) is 52.3 Å². The second-order valence-corrected chi connectivity index (χ2v) is 6.68. The van der Waals surface area contributed by atoms with Crippen molar-refractivity contribution in [3.8, 4) is 0 Å². The quantitative estimate of drug-likeness (QED) is 0.752. The standard InChI is InChI=1S/C14H19NO5S/c1-15(6-8-20-21(2,17)18)14(16)12-3-4-13-10-19-7-5-11(13)9-12/h3-4,9H,5-8,10H2,1-2H3. The molecule has 116 valence electrons. The SMILES string of the molecule is CN(CCOS(C)(=O)=O)C(=O)c1ccc2c(c1)CCOC2. The molecule has 2 rings (SSSR count). The second-order valence-electron chi connectivity index (χ2n) is 5.04. The Kier molecular flexibility index (Phi) is 4.97. The molecular formula is C14H19NO5S. The normalized spacial score (nSPS) is 14.6. The summed E-state index contributed by atoms with van der Waals surface area (Å²) in [5.74, 6) is -0.151. The minimum atomic E-state index is -3.47. The Balaban J connectivity index is 1.99. The highest BCUT2D eigenvalue weighted by atomic mass is 32.2. The van der Waals surface area contributed by atoms with E-state index in [1.807, 2.05) is 12.1 Å². The lowest BCUT2D eigenvalue weighted by molar-refractivity contribution is 0.0773. The van der Waals surface area contributed by atoms with Crippen LogP contribution in [0.4, 0.5) is 0 Å². The van der Waals surface area contributed by atoms with Crippen LogP contribution >= 0.6 is 0 Å². The number of fused-ring (bicyclic) bond motifs is 1. The highest BCUT2D eigenvalue weighted by molar-refractivity contribution is 7.85. The first-order valence-electron chi connectivity index (χ1n) is 6.66. The smallest absolute Gasteiger partial charge is 0.264 e. The lowest BCUT2D eigenvalue weighted by Gasteiger charge is -2.20. The Morgan fingerprint density at radius 1 is 1.38 bits per heavy atom. The summed E-state index contributed by atoms with van der Waals surface area (Å²) in [5, 5.41) is 0. The molecule has 1 heterocycles. The Bertz CT molecular complexity index is 626. The summed E-state index contributed by atoms with van der Waals surface area (Å²) in [4.78, 5) is 13.7. The molecule has 0 atom stereocenters. The van der Waals surface area contributed by atoms with Crippen molar-refractivity contribution in [2.45, 2.75) is 13.0 Å². The van der Waals surface area contributed by atoms with Gasteiger partial charge in [0.05, 0.1) is 26.1 Å². The molecule has 1 amide bonds. The summed E-state index contributed by atoms with van der Waals surface area (Å²) in [7, 11) is -1.85. The van der Waals surface area contributed by atoms with Gasteiger partial charge in [0, 0.05) is 19.2 Å².